The van der Waals surface area contributed by atoms with E-state index in [0.717, 1.165) is 0 Å². The van der Waals surface area contributed by atoms with Crippen LogP contribution < -0.4 is 15.4 Å². The molecule has 0 spiro atoms. The van der Waals surface area contributed by atoms with Gasteiger partial charge in [0.1, 0.15) is 17.2 Å². The third-order valence-corrected chi connectivity index (χ3v) is 5.98. The van der Waals surface area contributed by atoms with Crippen LogP contribution in [0.4, 0.5) is 30.5 Å². The third-order valence-electron chi connectivity index (χ3n) is 5.41. The van der Waals surface area contributed by atoms with E-state index in [-0.39, 0.29) is 21.4 Å². The minimum Gasteiger partial charge on any atom is -0.486 e. The summed E-state index contributed by atoms with van der Waals surface area (Å²) < 4.78 is 47.0. The van der Waals surface area contributed by atoms with Crippen molar-refractivity contribution in [2.45, 2.75) is 25.9 Å². The number of imidazole rings is 1. The summed E-state index contributed by atoms with van der Waals surface area (Å²) in [6.45, 7) is 3.69. The lowest BCUT2D eigenvalue weighted by molar-refractivity contribution is 0.101. The number of nitrogens with zero attached hydrogens (tertiary/aromatic N) is 2. The highest BCUT2D eigenvalue weighted by molar-refractivity contribution is 6.39. The van der Waals surface area contributed by atoms with E-state index in [4.69, 9.17) is 27.9 Å². The molecule has 2 aromatic carbocycles. The third kappa shape index (κ3) is 4.23. The fraction of sp³-hybridized carbons (Fsp3) is 0.174. The number of amides is 1. The zero-order valence-electron chi connectivity index (χ0n) is 18.2. The van der Waals surface area contributed by atoms with Gasteiger partial charge in [-0.3, -0.25) is 9.78 Å². The van der Waals surface area contributed by atoms with Crippen LogP contribution in [0.25, 0.3) is 11.0 Å². The maximum atomic E-state index is 14.1. The highest BCUT2D eigenvalue weighted by Gasteiger charge is 2.36. The van der Waals surface area contributed by atoms with Crippen LogP contribution in [0.1, 0.15) is 29.8 Å². The normalized spacial score (nSPS) is 14.0. The van der Waals surface area contributed by atoms with Gasteiger partial charge < -0.3 is 20.4 Å². The summed E-state index contributed by atoms with van der Waals surface area (Å²) in [5.41, 5.74) is 0.978. The lowest BCUT2D eigenvalue weighted by Gasteiger charge is -2.18. The van der Waals surface area contributed by atoms with E-state index < -0.39 is 34.6 Å². The predicted molar refractivity (Wildman–Crippen MR) is 126 cm³/mol. The molecule has 0 aliphatic carbocycles. The molecule has 4 aromatic rings. The van der Waals surface area contributed by atoms with Crippen LogP contribution in [0.3, 0.4) is 0 Å². The first-order valence-electron chi connectivity index (χ1n) is 10.3. The SMILES string of the molecule is CC1(C)Cc2c(c(C(=O)Nc3cc(F)c(F)cc3F)cc3[nH]c(Nc4c(Cl)cncc4Cl)nc23)O1. The Hall–Kier alpha value is -3.50. The van der Waals surface area contributed by atoms with Gasteiger partial charge >= 0.3 is 0 Å². The van der Waals surface area contributed by atoms with E-state index in [0.29, 0.717) is 46.8 Å². The molecule has 35 heavy (non-hydrogen) atoms. The Balaban J connectivity index is 1.57. The first-order chi connectivity index (χ1) is 16.5. The fourth-order valence-electron chi connectivity index (χ4n) is 3.90. The smallest absolute Gasteiger partial charge is 0.259 e. The molecule has 3 N–H and O–H groups in total. The van der Waals surface area contributed by atoms with Gasteiger partial charge in [-0.2, -0.15) is 0 Å². The van der Waals surface area contributed by atoms with E-state index in [1.54, 1.807) is 0 Å². The zero-order valence-corrected chi connectivity index (χ0v) is 19.7. The molecule has 1 amide bonds. The maximum absolute atomic E-state index is 14.1. The summed E-state index contributed by atoms with van der Waals surface area (Å²) >= 11 is 12.4. The van der Waals surface area contributed by atoms with Crippen molar-refractivity contribution in [3.63, 3.8) is 0 Å². The largest absolute Gasteiger partial charge is 0.486 e. The van der Waals surface area contributed by atoms with E-state index in [9.17, 15) is 18.0 Å². The molecular formula is C23H16Cl2F3N5O2. The molecule has 7 nitrogen and oxygen atoms in total. The molecular weight excluding hydrogens is 506 g/mol. The average Bonchev–Trinajstić information content (AvgIpc) is 3.33. The summed E-state index contributed by atoms with van der Waals surface area (Å²) in [5, 5.41) is 5.85. The quantitative estimate of drug-likeness (QED) is 0.270. The van der Waals surface area contributed by atoms with Crippen LogP contribution in [-0.2, 0) is 6.42 Å². The zero-order chi connectivity index (χ0) is 25.1. The lowest BCUT2D eigenvalue weighted by Crippen LogP contribution is -2.25. The fourth-order valence-corrected chi connectivity index (χ4v) is 4.36. The standard InChI is InChI=1S/C23H16Cl2F3N5O2/c1-23(2)6-10-18-17(31-22(32-18)33-19-11(24)7-29-8-12(19)25)3-9(20(10)35-23)21(34)30-16-5-14(27)13(26)4-15(16)28/h3-5,7-8H,6H2,1-2H3,(H,30,34)(H2,29,31,32,33). The summed E-state index contributed by atoms with van der Waals surface area (Å²) in [6, 6.07) is 2.42. The molecule has 1 aliphatic rings. The van der Waals surface area contributed by atoms with Crippen molar-refractivity contribution in [1.82, 2.24) is 15.0 Å². The van der Waals surface area contributed by atoms with Crippen molar-refractivity contribution in [3.05, 3.63) is 69.2 Å². The number of hydrogen-bond donors (Lipinski definition) is 3. The monoisotopic (exact) mass is 521 g/mol. The lowest BCUT2D eigenvalue weighted by atomic mass is 9.98. The molecule has 0 unspecified atom stereocenters. The van der Waals surface area contributed by atoms with Crippen LogP contribution in [0.2, 0.25) is 10.0 Å². The second-order valence-electron chi connectivity index (χ2n) is 8.56. The van der Waals surface area contributed by atoms with Crippen LogP contribution >= 0.6 is 23.2 Å². The number of benzene rings is 2. The van der Waals surface area contributed by atoms with Gasteiger partial charge in [-0.1, -0.05) is 23.2 Å². The second-order valence-corrected chi connectivity index (χ2v) is 9.37. The molecule has 1 aliphatic heterocycles. The molecule has 12 heteroatoms. The number of carbonyl (C=O) groups is 1. The Labute approximate surface area is 206 Å². The van der Waals surface area contributed by atoms with Gasteiger partial charge in [0.05, 0.1) is 38.0 Å². The van der Waals surface area contributed by atoms with Crippen molar-refractivity contribution in [1.29, 1.82) is 0 Å². The summed E-state index contributed by atoms with van der Waals surface area (Å²) in [7, 11) is 0. The number of nitrogens with one attached hydrogen (secondary N) is 3. The van der Waals surface area contributed by atoms with E-state index >= 15 is 0 Å². The Bertz CT molecular complexity index is 1500. The number of halogens is 5. The van der Waals surface area contributed by atoms with Gasteiger partial charge in [0.2, 0.25) is 5.95 Å². The molecule has 5 rings (SSSR count). The van der Waals surface area contributed by atoms with Gasteiger partial charge in [0, 0.05) is 36.5 Å². The highest BCUT2D eigenvalue weighted by atomic mass is 35.5. The average molecular weight is 522 g/mol. The van der Waals surface area contributed by atoms with Crippen molar-refractivity contribution < 1.29 is 22.7 Å². The van der Waals surface area contributed by atoms with Crippen molar-refractivity contribution in [2.75, 3.05) is 10.6 Å². The number of hydrogen-bond acceptors (Lipinski definition) is 5. The molecule has 2 aromatic heterocycles. The Morgan fingerprint density at radius 3 is 2.49 bits per heavy atom. The first-order valence-corrected chi connectivity index (χ1v) is 11.0. The van der Waals surface area contributed by atoms with Gasteiger partial charge in [-0.25, -0.2) is 18.2 Å². The highest BCUT2D eigenvalue weighted by Crippen LogP contribution is 2.43. The van der Waals surface area contributed by atoms with Gasteiger partial charge in [-0.05, 0) is 19.9 Å². The molecule has 0 radical (unpaired) electrons. The Kier molecular flexibility index (Phi) is 5.52. The Morgan fingerprint density at radius 2 is 1.77 bits per heavy atom. The first kappa shape index (κ1) is 23.3. The molecule has 3 heterocycles. The van der Waals surface area contributed by atoms with Crippen LogP contribution in [-0.4, -0.2) is 26.5 Å². The van der Waals surface area contributed by atoms with Crippen LogP contribution in [0, 0.1) is 17.5 Å². The maximum Gasteiger partial charge on any atom is 0.259 e. The molecule has 0 saturated carbocycles. The van der Waals surface area contributed by atoms with E-state index in [1.165, 1.54) is 18.5 Å². The topological polar surface area (TPSA) is 91.9 Å². The van der Waals surface area contributed by atoms with Crippen molar-refractivity contribution >= 4 is 57.5 Å². The van der Waals surface area contributed by atoms with Crippen molar-refractivity contribution in [2.24, 2.45) is 0 Å². The number of pyridine rings is 1. The number of fused-ring (bicyclic) bond motifs is 3. The number of aromatic amines is 1. The number of anilines is 3. The minimum absolute atomic E-state index is 0.0670. The predicted octanol–water partition coefficient (Wildman–Crippen LogP) is 6.39. The van der Waals surface area contributed by atoms with Crippen LogP contribution in [0.15, 0.2) is 30.6 Å². The number of ether oxygens (including phenoxy) is 1. The molecule has 0 fully saturated rings. The number of rotatable bonds is 4. The summed E-state index contributed by atoms with van der Waals surface area (Å²) in [5.74, 6) is -3.98. The van der Waals surface area contributed by atoms with E-state index in [2.05, 4.69) is 25.6 Å². The minimum atomic E-state index is -1.36. The molecule has 180 valence electrons. The number of carbonyl (C=O) groups excluding carboxylic acids is 1. The van der Waals surface area contributed by atoms with Gasteiger partial charge in [0.15, 0.2) is 11.6 Å². The second kappa shape index (κ2) is 8.31. The number of aromatic nitrogens is 3. The summed E-state index contributed by atoms with van der Waals surface area (Å²) in [6.07, 6.45) is 3.28. The van der Waals surface area contributed by atoms with Crippen molar-refractivity contribution in [3.8, 4) is 5.75 Å². The molecule has 0 atom stereocenters. The number of H-pyrrole nitrogens is 1. The molecule has 0 bridgehead atoms. The molecule has 0 saturated heterocycles. The van der Waals surface area contributed by atoms with Gasteiger partial charge in [0.25, 0.3) is 5.91 Å². The van der Waals surface area contributed by atoms with Gasteiger partial charge in [-0.15, -0.1) is 0 Å². The van der Waals surface area contributed by atoms with Crippen LogP contribution in [0.5, 0.6) is 5.75 Å². The Morgan fingerprint density at radius 1 is 1.09 bits per heavy atom. The van der Waals surface area contributed by atoms with E-state index in [1.807, 2.05) is 13.8 Å². The summed E-state index contributed by atoms with van der Waals surface area (Å²) in [4.78, 5) is 24.6.